The highest BCUT2D eigenvalue weighted by Gasteiger charge is 2.44. The second-order valence-corrected chi connectivity index (χ2v) is 8.41. The van der Waals surface area contributed by atoms with Gasteiger partial charge in [-0.25, -0.2) is 0 Å². The molecule has 1 aliphatic heterocycles. The maximum Gasteiger partial charge on any atom is 0.416 e. The van der Waals surface area contributed by atoms with Gasteiger partial charge in [-0.3, -0.25) is 9.59 Å². The Kier molecular flexibility index (Phi) is 6.97. The molecule has 0 aromatic heterocycles. The maximum absolute atomic E-state index is 13.3. The molecule has 11 heteroatoms. The van der Waals surface area contributed by atoms with Crippen LogP contribution in [0.4, 0.5) is 26.3 Å². The van der Waals surface area contributed by atoms with Gasteiger partial charge < -0.3 is 16.0 Å². The van der Waals surface area contributed by atoms with E-state index >= 15 is 0 Å². The number of rotatable bonds is 4. The molecular formula is C23H23F6N3O2. The number of hydrogen-bond donors (Lipinski definition) is 2. The third-order valence-electron chi connectivity index (χ3n) is 5.68. The van der Waals surface area contributed by atoms with Crippen LogP contribution in [0.2, 0.25) is 0 Å². The Bertz CT molecular complexity index is 1020. The molecule has 2 aromatic carbocycles. The number of amides is 2. The first-order valence-electron chi connectivity index (χ1n) is 10.4. The lowest BCUT2D eigenvalue weighted by Gasteiger charge is -2.47. The zero-order chi connectivity index (χ0) is 25.3. The van der Waals surface area contributed by atoms with E-state index in [-0.39, 0.29) is 37.8 Å². The number of benzene rings is 2. The summed E-state index contributed by atoms with van der Waals surface area (Å²) in [5.74, 6) is -1.36. The molecule has 1 saturated heterocycles. The van der Waals surface area contributed by atoms with Gasteiger partial charge in [0.05, 0.1) is 16.8 Å². The molecule has 2 amide bonds. The molecule has 184 valence electrons. The predicted molar refractivity (Wildman–Crippen MR) is 111 cm³/mol. The number of hydrogen-bond acceptors (Lipinski definition) is 3. The van der Waals surface area contributed by atoms with E-state index in [1.54, 1.807) is 30.3 Å². The van der Waals surface area contributed by atoms with E-state index in [1.807, 2.05) is 0 Å². The zero-order valence-electron chi connectivity index (χ0n) is 18.1. The first-order valence-corrected chi connectivity index (χ1v) is 10.4. The zero-order valence-corrected chi connectivity index (χ0v) is 18.1. The van der Waals surface area contributed by atoms with Gasteiger partial charge in [0.15, 0.2) is 0 Å². The number of alkyl halides is 6. The minimum Gasteiger partial charge on any atom is -0.353 e. The Morgan fingerprint density at radius 3 is 2.09 bits per heavy atom. The van der Waals surface area contributed by atoms with Gasteiger partial charge in [0.25, 0.3) is 5.91 Å². The van der Waals surface area contributed by atoms with Crippen LogP contribution in [0.5, 0.6) is 0 Å². The van der Waals surface area contributed by atoms with Gasteiger partial charge in [-0.15, -0.1) is 0 Å². The maximum atomic E-state index is 13.3. The molecular weight excluding hydrogens is 464 g/mol. The molecule has 0 spiro atoms. The summed E-state index contributed by atoms with van der Waals surface area (Å²) >= 11 is 0. The summed E-state index contributed by atoms with van der Waals surface area (Å²) in [4.78, 5) is 26.0. The van der Waals surface area contributed by atoms with Crippen LogP contribution in [-0.2, 0) is 23.6 Å². The number of likely N-dealkylation sites (tertiary alicyclic amines) is 1. The van der Waals surface area contributed by atoms with Gasteiger partial charge in [-0.05, 0) is 30.2 Å². The molecule has 0 unspecified atom stereocenters. The van der Waals surface area contributed by atoms with Crippen molar-refractivity contribution in [2.24, 2.45) is 5.73 Å². The Hall–Kier alpha value is -3.08. The first kappa shape index (κ1) is 25.5. The molecule has 2 atom stereocenters. The Morgan fingerprint density at radius 1 is 1.03 bits per heavy atom. The fourth-order valence-electron chi connectivity index (χ4n) is 4.21. The molecule has 3 rings (SSSR count). The van der Waals surface area contributed by atoms with Crippen LogP contribution < -0.4 is 11.1 Å². The molecule has 1 heterocycles. The van der Waals surface area contributed by atoms with E-state index in [0.717, 1.165) is 4.90 Å². The second-order valence-electron chi connectivity index (χ2n) is 8.41. The van der Waals surface area contributed by atoms with E-state index < -0.39 is 46.7 Å². The molecule has 1 fully saturated rings. The van der Waals surface area contributed by atoms with Crippen LogP contribution in [0, 0.1) is 0 Å². The van der Waals surface area contributed by atoms with Crippen molar-refractivity contribution in [1.82, 2.24) is 10.2 Å². The minimum atomic E-state index is -5.08. The highest BCUT2D eigenvalue weighted by Crippen LogP contribution is 2.37. The highest BCUT2D eigenvalue weighted by atomic mass is 19.4. The lowest BCUT2D eigenvalue weighted by atomic mass is 9.85. The molecule has 0 aliphatic carbocycles. The summed E-state index contributed by atoms with van der Waals surface area (Å²) in [6.45, 7) is 1.25. The Labute approximate surface area is 191 Å². The molecule has 3 N–H and O–H groups in total. The van der Waals surface area contributed by atoms with Crippen molar-refractivity contribution < 1.29 is 35.9 Å². The van der Waals surface area contributed by atoms with Crippen LogP contribution >= 0.6 is 0 Å². The van der Waals surface area contributed by atoms with E-state index in [2.05, 4.69) is 5.32 Å². The van der Waals surface area contributed by atoms with Crippen molar-refractivity contribution >= 4 is 11.8 Å². The first-order chi connectivity index (χ1) is 15.7. The number of nitrogens with zero attached hydrogens (tertiary/aromatic N) is 1. The van der Waals surface area contributed by atoms with Crippen molar-refractivity contribution in [3.63, 3.8) is 0 Å². The molecule has 0 bridgehead atoms. The number of halogens is 6. The quantitative estimate of drug-likeness (QED) is 0.630. The number of nitrogens with two attached hydrogens (primary N) is 1. The lowest BCUT2D eigenvalue weighted by molar-refractivity contribution is -0.143. The number of carbonyl (C=O) groups is 2. The molecule has 0 radical (unpaired) electrons. The molecule has 2 aromatic rings. The predicted octanol–water partition coefficient (Wildman–Crippen LogP) is 4.36. The SMILES string of the molecule is CC(=O)N[C@H]1CCN(C(=O)c2cc(C(F)(F)F)cc(C(F)(F)F)c2)[C@](N)(Cc2ccccc2)C1. The van der Waals surface area contributed by atoms with E-state index in [4.69, 9.17) is 5.73 Å². The molecule has 1 aliphatic rings. The van der Waals surface area contributed by atoms with Crippen molar-refractivity contribution in [3.8, 4) is 0 Å². The van der Waals surface area contributed by atoms with Crippen LogP contribution in [0.3, 0.4) is 0 Å². The van der Waals surface area contributed by atoms with Gasteiger partial charge in [-0.2, -0.15) is 26.3 Å². The largest absolute Gasteiger partial charge is 0.416 e. The third kappa shape index (κ3) is 5.88. The number of carbonyl (C=O) groups excluding carboxylic acids is 2. The van der Waals surface area contributed by atoms with Gasteiger partial charge in [-0.1, -0.05) is 30.3 Å². The summed E-state index contributed by atoms with van der Waals surface area (Å²) in [5, 5.41) is 2.73. The fourth-order valence-corrected chi connectivity index (χ4v) is 4.21. The summed E-state index contributed by atoms with van der Waals surface area (Å²) in [5.41, 5.74) is 1.93. The smallest absolute Gasteiger partial charge is 0.353 e. The Balaban J connectivity index is 2.03. The second kappa shape index (κ2) is 9.28. The monoisotopic (exact) mass is 487 g/mol. The van der Waals surface area contributed by atoms with E-state index in [0.29, 0.717) is 17.7 Å². The van der Waals surface area contributed by atoms with E-state index in [9.17, 15) is 35.9 Å². The standard InChI is InChI=1S/C23H23F6N3O2/c1-14(33)31-19-7-8-32(21(30,13-19)12-15-5-3-2-4-6-15)20(34)16-9-17(22(24,25)26)11-18(10-16)23(27,28)29/h2-6,9-11,19H,7-8,12-13,30H2,1H3,(H,31,33)/t19-,21+/m0/s1. The normalized spacial score (nSPS) is 21.3. The molecule has 5 nitrogen and oxygen atoms in total. The van der Waals surface area contributed by atoms with Gasteiger partial charge in [0.2, 0.25) is 5.91 Å². The topological polar surface area (TPSA) is 75.4 Å². The van der Waals surface area contributed by atoms with Gasteiger partial charge in [0, 0.05) is 37.9 Å². The number of piperidine rings is 1. The fraction of sp³-hybridized carbons (Fsp3) is 0.391. The van der Waals surface area contributed by atoms with Gasteiger partial charge >= 0.3 is 12.4 Å². The van der Waals surface area contributed by atoms with Crippen LogP contribution in [0.25, 0.3) is 0 Å². The highest BCUT2D eigenvalue weighted by molar-refractivity contribution is 5.95. The summed E-state index contributed by atoms with van der Waals surface area (Å²) in [6, 6.07) is 9.08. The average molecular weight is 487 g/mol. The van der Waals surface area contributed by atoms with Crippen LogP contribution in [0.15, 0.2) is 48.5 Å². The average Bonchev–Trinajstić information content (AvgIpc) is 2.72. The van der Waals surface area contributed by atoms with Crippen molar-refractivity contribution in [2.75, 3.05) is 6.54 Å². The van der Waals surface area contributed by atoms with Crippen molar-refractivity contribution in [2.45, 2.75) is 50.2 Å². The van der Waals surface area contributed by atoms with Crippen molar-refractivity contribution in [3.05, 3.63) is 70.8 Å². The minimum absolute atomic E-state index is 0.0283. The summed E-state index contributed by atoms with van der Waals surface area (Å²) in [7, 11) is 0. The van der Waals surface area contributed by atoms with Crippen LogP contribution in [-0.4, -0.2) is 35.0 Å². The van der Waals surface area contributed by atoms with Gasteiger partial charge in [0.1, 0.15) is 0 Å². The third-order valence-corrected chi connectivity index (χ3v) is 5.68. The van der Waals surface area contributed by atoms with Crippen LogP contribution in [0.1, 0.15) is 46.8 Å². The molecule has 34 heavy (non-hydrogen) atoms. The summed E-state index contributed by atoms with van der Waals surface area (Å²) < 4.78 is 79.8. The van der Waals surface area contributed by atoms with Crippen molar-refractivity contribution in [1.29, 1.82) is 0 Å². The molecule has 0 saturated carbocycles. The summed E-state index contributed by atoms with van der Waals surface area (Å²) in [6.07, 6.45) is -9.78. The number of nitrogens with one attached hydrogen (secondary N) is 1. The van der Waals surface area contributed by atoms with E-state index in [1.165, 1.54) is 6.92 Å². The lowest BCUT2D eigenvalue weighted by Crippen LogP contribution is -2.66. The Morgan fingerprint density at radius 2 is 1.59 bits per heavy atom.